The quantitative estimate of drug-likeness (QED) is 0.849. The van der Waals surface area contributed by atoms with Gasteiger partial charge >= 0.3 is 0 Å². The summed E-state index contributed by atoms with van der Waals surface area (Å²) in [5.74, 6) is 0.582. The summed E-state index contributed by atoms with van der Waals surface area (Å²) in [6.07, 6.45) is 3.11. The van der Waals surface area contributed by atoms with Crippen LogP contribution in [-0.4, -0.2) is 59.9 Å². The molecule has 1 unspecified atom stereocenters. The maximum absolute atomic E-state index is 12.8. The third-order valence-electron chi connectivity index (χ3n) is 4.78. The molecule has 0 saturated carbocycles. The van der Waals surface area contributed by atoms with E-state index in [-0.39, 0.29) is 17.9 Å². The van der Waals surface area contributed by atoms with Crippen LogP contribution in [0.4, 0.5) is 0 Å². The number of piperazine rings is 1. The van der Waals surface area contributed by atoms with Crippen molar-refractivity contribution in [3.8, 4) is 0 Å². The lowest BCUT2D eigenvalue weighted by Gasteiger charge is -2.51. The lowest BCUT2D eigenvalue weighted by atomic mass is 9.81. The Labute approximate surface area is 128 Å². The van der Waals surface area contributed by atoms with Gasteiger partial charge in [0.15, 0.2) is 0 Å². The fraction of sp³-hybridized carbons (Fsp3) is 0.875. The number of nitrogens with one attached hydrogen (secondary N) is 1. The molecule has 21 heavy (non-hydrogen) atoms. The maximum Gasteiger partial charge on any atom is 0.246 e. The smallest absolute Gasteiger partial charge is 0.246 e. The van der Waals surface area contributed by atoms with Crippen LogP contribution in [0.1, 0.15) is 46.5 Å². The molecule has 2 saturated heterocycles. The van der Waals surface area contributed by atoms with E-state index >= 15 is 0 Å². The molecule has 0 aromatic rings. The van der Waals surface area contributed by atoms with Gasteiger partial charge in [-0.3, -0.25) is 9.59 Å². The Balaban J connectivity index is 2.24. The molecule has 2 rings (SSSR count). The van der Waals surface area contributed by atoms with Gasteiger partial charge in [-0.15, -0.1) is 0 Å². The average Bonchev–Trinajstić information content (AvgIpc) is 2.43. The molecule has 1 atom stereocenters. The molecule has 1 N–H and O–H groups in total. The Hall–Kier alpha value is -1.10. The Morgan fingerprint density at radius 2 is 1.90 bits per heavy atom. The summed E-state index contributed by atoms with van der Waals surface area (Å²) < 4.78 is 0. The van der Waals surface area contributed by atoms with Crippen molar-refractivity contribution in [2.24, 2.45) is 5.92 Å². The number of nitrogens with zero attached hydrogens (tertiary/aromatic N) is 2. The fourth-order valence-corrected chi connectivity index (χ4v) is 3.54. The second-order valence-corrected chi connectivity index (χ2v) is 6.98. The highest BCUT2D eigenvalue weighted by atomic mass is 16.2. The molecule has 0 aromatic heterocycles. The highest BCUT2D eigenvalue weighted by Crippen LogP contribution is 2.33. The standard InChI is InChI=1S/C16H29N3O2/c1-5-8-19-14(20)13(11-12(2)3)17-15(21)16(19)6-9-18(4)10-7-16/h12-13H,5-11H2,1-4H3,(H,17,21). The average molecular weight is 295 g/mol. The fourth-order valence-electron chi connectivity index (χ4n) is 3.54. The van der Waals surface area contributed by atoms with Crippen LogP contribution in [0.15, 0.2) is 0 Å². The normalized spacial score (nSPS) is 26.5. The van der Waals surface area contributed by atoms with Gasteiger partial charge < -0.3 is 15.1 Å². The van der Waals surface area contributed by atoms with E-state index in [1.54, 1.807) is 0 Å². The molecule has 2 aliphatic rings. The monoisotopic (exact) mass is 295 g/mol. The lowest BCUT2D eigenvalue weighted by Crippen LogP contribution is -2.72. The van der Waals surface area contributed by atoms with E-state index in [2.05, 4.69) is 38.0 Å². The molecule has 2 aliphatic heterocycles. The first-order valence-corrected chi connectivity index (χ1v) is 8.21. The van der Waals surface area contributed by atoms with Crippen molar-refractivity contribution < 1.29 is 9.59 Å². The molecular formula is C16H29N3O2. The van der Waals surface area contributed by atoms with Crippen LogP contribution < -0.4 is 5.32 Å². The molecule has 5 heteroatoms. The summed E-state index contributed by atoms with van der Waals surface area (Å²) in [5, 5.41) is 3.01. The molecule has 5 nitrogen and oxygen atoms in total. The number of amides is 2. The number of hydrogen-bond acceptors (Lipinski definition) is 3. The zero-order valence-electron chi connectivity index (χ0n) is 13.8. The van der Waals surface area contributed by atoms with Crippen molar-refractivity contribution in [2.45, 2.75) is 58.0 Å². The Kier molecular flexibility index (Phi) is 4.91. The van der Waals surface area contributed by atoms with Crippen LogP contribution >= 0.6 is 0 Å². The van der Waals surface area contributed by atoms with Crippen molar-refractivity contribution in [2.75, 3.05) is 26.7 Å². The third kappa shape index (κ3) is 3.07. The zero-order valence-corrected chi connectivity index (χ0v) is 13.8. The number of rotatable bonds is 4. The van der Waals surface area contributed by atoms with Crippen LogP contribution in [0, 0.1) is 5.92 Å². The van der Waals surface area contributed by atoms with Gasteiger partial charge in [0, 0.05) is 19.6 Å². The maximum atomic E-state index is 12.8. The molecule has 0 aliphatic carbocycles. The van der Waals surface area contributed by atoms with Gasteiger partial charge in [-0.2, -0.15) is 0 Å². The van der Waals surface area contributed by atoms with Gasteiger partial charge in [-0.1, -0.05) is 20.8 Å². The summed E-state index contributed by atoms with van der Waals surface area (Å²) in [5.41, 5.74) is -0.604. The second-order valence-electron chi connectivity index (χ2n) is 6.98. The van der Waals surface area contributed by atoms with E-state index in [0.717, 1.165) is 38.8 Å². The van der Waals surface area contributed by atoms with Crippen molar-refractivity contribution in [3.05, 3.63) is 0 Å². The first-order valence-electron chi connectivity index (χ1n) is 8.21. The molecule has 1 spiro atoms. The van der Waals surface area contributed by atoms with Crippen LogP contribution in [0.25, 0.3) is 0 Å². The number of likely N-dealkylation sites (tertiary alicyclic amines) is 1. The number of hydrogen-bond donors (Lipinski definition) is 1. The van der Waals surface area contributed by atoms with Gasteiger partial charge in [-0.25, -0.2) is 0 Å². The van der Waals surface area contributed by atoms with E-state index in [9.17, 15) is 9.59 Å². The zero-order chi connectivity index (χ0) is 15.6. The molecule has 120 valence electrons. The van der Waals surface area contributed by atoms with Gasteiger partial charge in [0.1, 0.15) is 11.6 Å². The minimum absolute atomic E-state index is 0.0642. The van der Waals surface area contributed by atoms with Crippen molar-refractivity contribution in [3.63, 3.8) is 0 Å². The van der Waals surface area contributed by atoms with Crippen molar-refractivity contribution in [1.82, 2.24) is 15.1 Å². The van der Waals surface area contributed by atoms with Gasteiger partial charge in [0.2, 0.25) is 11.8 Å². The Morgan fingerprint density at radius 1 is 1.29 bits per heavy atom. The molecule has 2 amide bonds. The summed E-state index contributed by atoms with van der Waals surface area (Å²) >= 11 is 0. The topological polar surface area (TPSA) is 52.7 Å². The number of carbonyl (C=O) groups is 2. The largest absolute Gasteiger partial charge is 0.342 e. The SMILES string of the molecule is CCCN1C(=O)C(CC(C)C)NC(=O)C12CCN(C)CC2. The Bertz CT molecular complexity index is 400. The van der Waals surface area contributed by atoms with Crippen LogP contribution in [0.5, 0.6) is 0 Å². The Morgan fingerprint density at radius 3 is 2.43 bits per heavy atom. The van der Waals surface area contributed by atoms with Gasteiger partial charge in [0.25, 0.3) is 0 Å². The summed E-state index contributed by atoms with van der Waals surface area (Å²) in [6, 6.07) is -0.339. The molecule has 0 bridgehead atoms. The molecule has 0 aromatic carbocycles. The highest BCUT2D eigenvalue weighted by molar-refractivity contribution is 6.00. The minimum atomic E-state index is -0.604. The van der Waals surface area contributed by atoms with Gasteiger partial charge in [0.05, 0.1) is 0 Å². The second kappa shape index (κ2) is 6.34. The first-order chi connectivity index (χ1) is 9.90. The lowest BCUT2D eigenvalue weighted by molar-refractivity contribution is -0.161. The van der Waals surface area contributed by atoms with Crippen molar-refractivity contribution in [1.29, 1.82) is 0 Å². The van der Waals surface area contributed by atoms with E-state index in [1.165, 1.54) is 0 Å². The molecular weight excluding hydrogens is 266 g/mol. The summed E-state index contributed by atoms with van der Waals surface area (Å²) in [4.78, 5) is 29.8. The minimum Gasteiger partial charge on any atom is -0.342 e. The highest BCUT2D eigenvalue weighted by Gasteiger charge is 2.52. The van der Waals surface area contributed by atoms with Crippen LogP contribution in [-0.2, 0) is 9.59 Å². The summed E-state index contributed by atoms with van der Waals surface area (Å²) in [6.45, 7) is 8.67. The molecule has 0 radical (unpaired) electrons. The predicted molar refractivity (Wildman–Crippen MR) is 82.9 cm³/mol. The van der Waals surface area contributed by atoms with E-state index in [4.69, 9.17) is 0 Å². The first kappa shape index (κ1) is 16.3. The van der Waals surface area contributed by atoms with Crippen molar-refractivity contribution >= 4 is 11.8 Å². The van der Waals surface area contributed by atoms with E-state index in [1.807, 2.05) is 4.90 Å². The predicted octanol–water partition coefficient (Wildman–Crippen LogP) is 1.23. The van der Waals surface area contributed by atoms with E-state index < -0.39 is 5.54 Å². The van der Waals surface area contributed by atoms with E-state index in [0.29, 0.717) is 12.5 Å². The molecule has 2 fully saturated rings. The number of carbonyl (C=O) groups excluding carboxylic acids is 2. The third-order valence-corrected chi connectivity index (χ3v) is 4.78. The van der Waals surface area contributed by atoms with Crippen LogP contribution in [0.3, 0.4) is 0 Å². The number of piperidine rings is 1. The van der Waals surface area contributed by atoms with Crippen LogP contribution in [0.2, 0.25) is 0 Å². The van der Waals surface area contributed by atoms with Gasteiger partial charge in [-0.05, 0) is 38.6 Å². The summed E-state index contributed by atoms with van der Waals surface area (Å²) in [7, 11) is 2.07. The molecule has 2 heterocycles.